The molecule has 4 saturated carbocycles. The summed E-state index contributed by atoms with van der Waals surface area (Å²) >= 11 is 0. The molecule has 5 rings (SSSR count). The summed E-state index contributed by atoms with van der Waals surface area (Å²) in [6.45, 7) is 16.8. The van der Waals surface area contributed by atoms with Gasteiger partial charge in [-0.25, -0.2) is 0 Å². The second kappa shape index (κ2) is 12.2. The van der Waals surface area contributed by atoms with E-state index in [2.05, 4.69) is 72.7 Å². The molecular formula is C38H60O4. The highest BCUT2D eigenvalue weighted by atomic mass is 16.5. The van der Waals surface area contributed by atoms with Crippen molar-refractivity contribution < 1.29 is 19.7 Å². The third kappa shape index (κ3) is 5.85. The van der Waals surface area contributed by atoms with Gasteiger partial charge in [-0.15, -0.1) is 0 Å². The van der Waals surface area contributed by atoms with Crippen molar-refractivity contribution in [3.63, 3.8) is 0 Å². The van der Waals surface area contributed by atoms with E-state index in [0.29, 0.717) is 54.5 Å². The summed E-state index contributed by atoms with van der Waals surface area (Å²) in [6.07, 6.45) is 10.5. The third-order valence-electron chi connectivity index (χ3n) is 13.4. The number of hydrogen-bond donors (Lipinski definition) is 2. The topological polar surface area (TPSA) is 66.8 Å². The lowest BCUT2D eigenvalue weighted by molar-refractivity contribution is -0.203. The Bertz CT molecular complexity index is 1070. The molecule has 4 nitrogen and oxygen atoms in total. The van der Waals surface area contributed by atoms with E-state index in [1.807, 2.05) is 0 Å². The number of fused-ring (bicyclic) bond motifs is 5. The zero-order valence-corrected chi connectivity index (χ0v) is 27.7. The maximum absolute atomic E-state index is 12.6. The molecule has 1 aromatic carbocycles. The summed E-state index contributed by atoms with van der Waals surface area (Å²) in [4.78, 5) is 12.6. The third-order valence-corrected chi connectivity index (χ3v) is 13.4. The molecule has 4 aliphatic rings. The van der Waals surface area contributed by atoms with Crippen molar-refractivity contribution in [1.29, 1.82) is 0 Å². The smallest absolute Gasteiger partial charge is 0.306 e. The molecule has 0 aromatic heterocycles. The lowest BCUT2D eigenvalue weighted by Crippen LogP contribution is -2.62. The van der Waals surface area contributed by atoms with E-state index in [1.54, 1.807) is 0 Å². The lowest BCUT2D eigenvalue weighted by atomic mass is 9.41. The van der Waals surface area contributed by atoms with Gasteiger partial charge in [0, 0.05) is 6.42 Å². The number of carbonyl (C=O) groups excluding carboxylic acids is 1. The maximum Gasteiger partial charge on any atom is 0.306 e. The van der Waals surface area contributed by atoms with E-state index in [-0.39, 0.29) is 34.4 Å². The fourth-order valence-corrected chi connectivity index (χ4v) is 11.0. The molecule has 4 aliphatic carbocycles. The minimum Gasteiger partial charge on any atom is -0.466 e. The predicted molar refractivity (Wildman–Crippen MR) is 170 cm³/mol. The Morgan fingerprint density at radius 2 is 1.64 bits per heavy atom. The van der Waals surface area contributed by atoms with E-state index >= 15 is 0 Å². The Morgan fingerprint density at radius 1 is 0.976 bits per heavy atom. The molecule has 236 valence electrons. The van der Waals surface area contributed by atoms with Crippen LogP contribution in [0, 0.1) is 52.3 Å². The fraction of sp³-hybridized carbons (Fsp3) is 0.816. The first-order valence-corrected chi connectivity index (χ1v) is 17.4. The molecule has 0 heterocycles. The van der Waals surface area contributed by atoms with Crippen LogP contribution in [0.25, 0.3) is 0 Å². The van der Waals surface area contributed by atoms with E-state index < -0.39 is 0 Å². The van der Waals surface area contributed by atoms with Crippen LogP contribution in [0.3, 0.4) is 0 Å². The minimum atomic E-state index is -0.243. The van der Waals surface area contributed by atoms with E-state index in [9.17, 15) is 15.0 Å². The molecule has 0 saturated heterocycles. The lowest BCUT2D eigenvalue weighted by Gasteiger charge is -2.64. The summed E-state index contributed by atoms with van der Waals surface area (Å²) in [7, 11) is 0. The Labute approximate surface area is 256 Å². The number of esters is 1. The second-order valence-electron chi connectivity index (χ2n) is 16.6. The van der Waals surface area contributed by atoms with Crippen LogP contribution in [-0.2, 0) is 21.4 Å². The monoisotopic (exact) mass is 580 g/mol. The van der Waals surface area contributed by atoms with Crippen molar-refractivity contribution in [2.75, 3.05) is 6.61 Å². The molecule has 0 amide bonds. The fourth-order valence-electron chi connectivity index (χ4n) is 11.0. The molecule has 42 heavy (non-hydrogen) atoms. The maximum atomic E-state index is 12.6. The molecule has 2 N–H and O–H groups in total. The van der Waals surface area contributed by atoms with Crippen molar-refractivity contribution >= 4 is 5.97 Å². The molecule has 0 aliphatic heterocycles. The van der Waals surface area contributed by atoms with Crippen molar-refractivity contribution in [2.45, 2.75) is 137 Å². The van der Waals surface area contributed by atoms with Gasteiger partial charge in [0.25, 0.3) is 0 Å². The zero-order chi connectivity index (χ0) is 30.4. The Morgan fingerprint density at radius 3 is 2.31 bits per heavy atom. The van der Waals surface area contributed by atoms with Gasteiger partial charge in [-0.2, -0.15) is 0 Å². The highest BCUT2D eigenvalue weighted by Crippen LogP contribution is 2.69. The molecule has 11 atom stereocenters. The Kier molecular flexibility index (Phi) is 9.29. The number of rotatable bonds is 8. The van der Waals surface area contributed by atoms with Crippen molar-refractivity contribution in [3.05, 3.63) is 35.4 Å². The van der Waals surface area contributed by atoms with Gasteiger partial charge in [-0.05, 0) is 127 Å². The number of carbonyl (C=O) groups is 1. The normalized spacial score (nSPS) is 40.5. The number of aliphatic hydroxyl groups is 2. The number of aryl methyl sites for hydroxylation is 1. The Balaban J connectivity index is 1.16. The first-order chi connectivity index (χ1) is 19.8. The average molecular weight is 581 g/mol. The number of benzene rings is 1. The minimum absolute atomic E-state index is 0.0885. The van der Waals surface area contributed by atoms with Crippen LogP contribution in [0.2, 0.25) is 0 Å². The Hall–Kier alpha value is -1.39. The standard InChI is InChI=1S/C38H60O4/c1-8-28-32-23-27(39)17-20-38(32,7)31-18-21-37(6)29(14-15-30(37)34(31)35(28)41)24(2)19-22-42-33(40)16-11-25-9-12-26(13-10-25)36(3,4)5/h9-10,12-13,24,27-32,34-35,39,41H,8,11,14-23H2,1-7H3/t24-,27-,28-,29-,30+,31+,32+,34+,35-,37-,38-/m1/s1. The average Bonchev–Trinajstić information content (AvgIpc) is 3.30. The molecule has 0 unspecified atom stereocenters. The van der Waals surface area contributed by atoms with Crippen LogP contribution in [0.5, 0.6) is 0 Å². The van der Waals surface area contributed by atoms with Gasteiger partial charge in [-0.3, -0.25) is 4.79 Å². The van der Waals surface area contributed by atoms with Gasteiger partial charge < -0.3 is 14.9 Å². The van der Waals surface area contributed by atoms with Crippen LogP contribution in [0.15, 0.2) is 24.3 Å². The first-order valence-electron chi connectivity index (χ1n) is 17.4. The van der Waals surface area contributed by atoms with Crippen molar-refractivity contribution in [3.8, 4) is 0 Å². The van der Waals surface area contributed by atoms with Crippen molar-refractivity contribution in [2.24, 2.45) is 52.3 Å². The van der Waals surface area contributed by atoms with Crippen LogP contribution in [0.4, 0.5) is 0 Å². The number of ether oxygens (including phenoxy) is 1. The summed E-state index contributed by atoms with van der Waals surface area (Å²) in [5.41, 5.74) is 3.14. The van der Waals surface area contributed by atoms with E-state index in [0.717, 1.165) is 38.5 Å². The van der Waals surface area contributed by atoms with E-state index in [4.69, 9.17) is 4.74 Å². The summed E-state index contributed by atoms with van der Waals surface area (Å²) in [5, 5.41) is 22.5. The van der Waals surface area contributed by atoms with Gasteiger partial charge in [0.05, 0.1) is 18.8 Å². The highest BCUT2D eigenvalue weighted by molar-refractivity contribution is 5.69. The molecule has 1 aromatic rings. The highest BCUT2D eigenvalue weighted by Gasteiger charge is 2.64. The zero-order valence-electron chi connectivity index (χ0n) is 27.7. The van der Waals surface area contributed by atoms with Crippen LogP contribution in [0.1, 0.15) is 124 Å². The van der Waals surface area contributed by atoms with Gasteiger partial charge in [0.2, 0.25) is 0 Å². The van der Waals surface area contributed by atoms with Crippen LogP contribution in [-0.4, -0.2) is 35.0 Å². The number of hydrogen-bond acceptors (Lipinski definition) is 4. The van der Waals surface area contributed by atoms with Crippen LogP contribution < -0.4 is 0 Å². The molecule has 4 fully saturated rings. The van der Waals surface area contributed by atoms with Gasteiger partial charge in [0.1, 0.15) is 0 Å². The summed E-state index contributed by atoms with van der Waals surface area (Å²) in [6, 6.07) is 8.65. The largest absolute Gasteiger partial charge is 0.466 e. The number of aliphatic hydroxyl groups excluding tert-OH is 2. The van der Waals surface area contributed by atoms with E-state index in [1.165, 1.54) is 36.8 Å². The molecule has 0 spiro atoms. The summed E-state index contributed by atoms with van der Waals surface area (Å²) in [5.74, 6) is 3.32. The predicted octanol–water partition coefficient (Wildman–Crippen LogP) is 8.11. The SMILES string of the molecule is CC[C@H]1[C@@H](O)[C@@H]2[C@H](CC[C@]3(C)[C@@H]([C@H](C)CCOC(=O)CCc4ccc(C(C)(C)C)cc4)CC[C@@H]23)[C@@]2(C)CC[C@@H](O)C[C@@H]12. The molecular weight excluding hydrogens is 520 g/mol. The van der Waals surface area contributed by atoms with Crippen LogP contribution >= 0.6 is 0 Å². The molecule has 0 radical (unpaired) electrons. The van der Waals surface area contributed by atoms with Gasteiger partial charge in [-0.1, -0.05) is 79.2 Å². The quantitative estimate of drug-likeness (QED) is 0.305. The molecule has 0 bridgehead atoms. The van der Waals surface area contributed by atoms with Crippen molar-refractivity contribution in [1.82, 2.24) is 0 Å². The summed E-state index contributed by atoms with van der Waals surface area (Å²) < 4.78 is 5.75. The second-order valence-corrected chi connectivity index (χ2v) is 16.6. The molecule has 4 heteroatoms. The van der Waals surface area contributed by atoms with Gasteiger partial charge >= 0.3 is 5.97 Å². The first kappa shape index (κ1) is 32.0. The van der Waals surface area contributed by atoms with Gasteiger partial charge in [0.15, 0.2) is 0 Å².